The van der Waals surface area contributed by atoms with E-state index in [2.05, 4.69) is 9.97 Å². The first-order chi connectivity index (χ1) is 12.8. The van der Waals surface area contributed by atoms with E-state index in [9.17, 15) is 18.0 Å². The van der Waals surface area contributed by atoms with Gasteiger partial charge in [-0.1, -0.05) is 19.1 Å². The summed E-state index contributed by atoms with van der Waals surface area (Å²) in [6, 6.07) is 6.85. The fraction of sp³-hybridized carbons (Fsp3) is 0.421. The summed E-state index contributed by atoms with van der Waals surface area (Å²) in [5, 5.41) is 0. The number of anilines is 1. The monoisotopic (exact) mass is 378 g/mol. The Balaban J connectivity index is 1.85. The average Bonchev–Trinajstić information content (AvgIpc) is 2.66. The van der Waals surface area contributed by atoms with Crippen molar-refractivity contribution in [2.45, 2.75) is 26.4 Å². The zero-order valence-electron chi connectivity index (χ0n) is 15.3. The fourth-order valence-electron chi connectivity index (χ4n) is 3.09. The number of hydrogen-bond donors (Lipinski definition) is 0. The largest absolute Gasteiger partial charge is 0.416 e. The fourth-order valence-corrected chi connectivity index (χ4v) is 3.09. The molecule has 0 unspecified atom stereocenters. The minimum Gasteiger partial charge on any atom is -0.353 e. The topological polar surface area (TPSA) is 49.3 Å². The number of halogens is 3. The van der Waals surface area contributed by atoms with Crippen molar-refractivity contribution in [2.75, 3.05) is 31.1 Å². The number of alkyl halides is 3. The summed E-state index contributed by atoms with van der Waals surface area (Å²) in [6.45, 7) is 6.10. The van der Waals surface area contributed by atoms with E-state index >= 15 is 0 Å². The van der Waals surface area contributed by atoms with Crippen molar-refractivity contribution in [1.82, 2.24) is 14.9 Å². The minimum atomic E-state index is -4.41. The van der Waals surface area contributed by atoms with Gasteiger partial charge < -0.3 is 9.80 Å². The van der Waals surface area contributed by atoms with Gasteiger partial charge in [-0.15, -0.1) is 0 Å². The molecule has 2 aromatic rings. The highest BCUT2D eigenvalue weighted by Crippen LogP contribution is 2.31. The predicted octanol–water partition coefficient (Wildman–Crippen LogP) is 3.53. The van der Waals surface area contributed by atoms with Crippen LogP contribution >= 0.6 is 0 Å². The van der Waals surface area contributed by atoms with Gasteiger partial charge in [-0.25, -0.2) is 9.97 Å². The van der Waals surface area contributed by atoms with Gasteiger partial charge in [0.15, 0.2) is 5.82 Å². The van der Waals surface area contributed by atoms with Crippen molar-refractivity contribution in [2.24, 2.45) is 0 Å². The third-order valence-corrected chi connectivity index (χ3v) is 4.55. The first-order valence-corrected chi connectivity index (χ1v) is 8.84. The van der Waals surface area contributed by atoms with E-state index in [1.807, 2.05) is 22.8 Å². The highest BCUT2D eigenvalue weighted by atomic mass is 19.4. The van der Waals surface area contributed by atoms with E-state index in [4.69, 9.17) is 0 Å². The molecule has 1 aromatic heterocycles. The number of aromatic nitrogens is 2. The molecule has 1 aliphatic heterocycles. The molecule has 0 saturated carbocycles. The molecule has 27 heavy (non-hydrogen) atoms. The summed E-state index contributed by atoms with van der Waals surface area (Å²) < 4.78 is 38.9. The summed E-state index contributed by atoms with van der Waals surface area (Å²) >= 11 is 0. The van der Waals surface area contributed by atoms with Crippen molar-refractivity contribution in [1.29, 1.82) is 0 Å². The molecule has 5 nitrogen and oxygen atoms in total. The van der Waals surface area contributed by atoms with Crippen molar-refractivity contribution < 1.29 is 18.0 Å². The Bertz CT molecular complexity index is 830. The summed E-state index contributed by atoms with van der Waals surface area (Å²) in [5.41, 5.74) is 0.285. The van der Waals surface area contributed by atoms with Crippen LogP contribution in [-0.2, 0) is 11.0 Å². The van der Waals surface area contributed by atoms with Gasteiger partial charge in [0.1, 0.15) is 5.82 Å². The van der Waals surface area contributed by atoms with Gasteiger partial charge in [-0.05, 0) is 19.1 Å². The summed E-state index contributed by atoms with van der Waals surface area (Å²) in [7, 11) is 0. The van der Waals surface area contributed by atoms with Gasteiger partial charge in [-0.3, -0.25) is 4.79 Å². The molecule has 1 amide bonds. The van der Waals surface area contributed by atoms with Gasteiger partial charge in [0, 0.05) is 49.9 Å². The van der Waals surface area contributed by atoms with E-state index in [0.29, 0.717) is 49.7 Å². The Morgan fingerprint density at radius 3 is 2.44 bits per heavy atom. The van der Waals surface area contributed by atoms with E-state index in [0.717, 1.165) is 12.1 Å². The van der Waals surface area contributed by atoms with Crippen LogP contribution in [0.1, 0.15) is 24.6 Å². The van der Waals surface area contributed by atoms with Crippen LogP contribution in [0.2, 0.25) is 0 Å². The number of carbonyl (C=O) groups excluding carboxylic acids is 1. The predicted molar refractivity (Wildman–Crippen MR) is 96.3 cm³/mol. The molecule has 0 radical (unpaired) electrons. The molecule has 1 aromatic carbocycles. The molecule has 0 spiro atoms. The maximum atomic E-state index is 13.0. The molecule has 1 fully saturated rings. The van der Waals surface area contributed by atoms with Crippen LogP contribution in [0.15, 0.2) is 30.3 Å². The summed E-state index contributed by atoms with van der Waals surface area (Å²) in [5.74, 6) is 1.06. The zero-order chi connectivity index (χ0) is 19.6. The van der Waals surface area contributed by atoms with E-state index < -0.39 is 11.7 Å². The molecular formula is C19H21F3N4O. The zero-order valence-corrected chi connectivity index (χ0v) is 15.3. The van der Waals surface area contributed by atoms with Gasteiger partial charge in [0.2, 0.25) is 5.91 Å². The molecule has 2 heterocycles. The molecule has 144 valence electrons. The Morgan fingerprint density at radius 2 is 1.81 bits per heavy atom. The van der Waals surface area contributed by atoms with Crippen LogP contribution in [0, 0.1) is 6.92 Å². The molecule has 0 N–H and O–H groups in total. The number of rotatable bonds is 3. The highest BCUT2D eigenvalue weighted by molar-refractivity contribution is 5.76. The van der Waals surface area contributed by atoms with Gasteiger partial charge in [0.25, 0.3) is 0 Å². The molecule has 1 aliphatic rings. The SMILES string of the molecule is CCC(=O)N1CCN(c2cc(C)nc(-c3cccc(C(F)(F)F)c3)n2)CC1. The van der Waals surface area contributed by atoms with Crippen LogP contribution in [-0.4, -0.2) is 47.0 Å². The Labute approximate surface area is 155 Å². The third kappa shape index (κ3) is 4.37. The average molecular weight is 378 g/mol. The third-order valence-electron chi connectivity index (χ3n) is 4.55. The molecule has 0 atom stereocenters. The lowest BCUT2D eigenvalue weighted by atomic mass is 10.1. The van der Waals surface area contributed by atoms with Crippen molar-refractivity contribution in [3.8, 4) is 11.4 Å². The van der Waals surface area contributed by atoms with E-state index in [-0.39, 0.29) is 11.7 Å². The Morgan fingerprint density at radius 1 is 1.11 bits per heavy atom. The number of benzene rings is 1. The lowest BCUT2D eigenvalue weighted by molar-refractivity contribution is -0.137. The van der Waals surface area contributed by atoms with Gasteiger partial charge in [-0.2, -0.15) is 13.2 Å². The number of hydrogen-bond acceptors (Lipinski definition) is 4. The lowest BCUT2D eigenvalue weighted by Crippen LogP contribution is -2.48. The Kier molecular flexibility index (Phi) is 5.34. The van der Waals surface area contributed by atoms with E-state index in [1.165, 1.54) is 6.07 Å². The normalized spacial score (nSPS) is 15.1. The first-order valence-electron chi connectivity index (χ1n) is 8.84. The quantitative estimate of drug-likeness (QED) is 0.820. The highest BCUT2D eigenvalue weighted by Gasteiger charge is 2.30. The standard InChI is InChI=1S/C19H21F3N4O/c1-3-17(27)26-9-7-25(8-10-26)16-11-13(2)23-18(24-16)14-5-4-6-15(12-14)19(20,21)22/h4-6,11-12H,3,7-10H2,1-2H3. The molecule has 0 aliphatic carbocycles. The van der Waals surface area contributed by atoms with Crippen molar-refractivity contribution in [3.05, 3.63) is 41.6 Å². The maximum Gasteiger partial charge on any atom is 0.416 e. The Hall–Kier alpha value is -2.64. The number of carbonyl (C=O) groups is 1. The molecule has 8 heteroatoms. The number of amides is 1. The maximum absolute atomic E-state index is 13.0. The van der Waals surface area contributed by atoms with E-state index in [1.54, 1.807) is 13.0 Å². The number of piperazine rings is 1. The second kappa shape index (κ2) is 7.54. The lowest BCUT2D eigenvalue weighted by Gasteiger charge is -2.35. The van der Waals surface area contributed by atoms with Gasteiger partial charge in [0.05, 0.1) is 5.56 Å². The van der Waals surface area contributed by atoms with Crippen LogP contribution < -0.4 is 4.90 Å². The van der Waals surface area contributed by atoms with Crippen molar-refractivity contribution in [3.63, 3.8) is 0 Å². The first kappa shape index (κ1) is 19.1. The van der Waals surface area contributed by atoms with Crippen LogP contribution in [0.4, 0.5) is 19.0 Å². The second-order valence-corrected chi connectivity index (χ2v) is 6.49. The summed E-state index contributed by atoms with van der Waals surface area (Å²) in [6.07, 6.45) is -3.93. The molecule has 3 rings (SSSR count). The van der Waals surface area contributed by atoms with Crippen molar-refractivity contribution >= 4 is 11.7 Å². The molecule has 1 saturated heterocycles. The van der Waals surface area contributed by atoms with Crippen LogP contribution in [0.5, 0.6) is 0 Å². The molecular weight excluding hydrogens is 357 g/mol. The molecule has 0 bridgehead atoms. The van der Waals surface area contributed by atoms with Gasteiger partial charge >= 0.3 is 6.18 Å². The number of nitrogens with zero attached hydrogens (tertiary/aromatic N) is 4. The minimum absolute atomic E-state index is 0.123. The number of aryl methyl sites for hydroxylation is 1. The van der Waals surface area contributed by atoms with Crippen LogP contribution in [0.25, 0.3) is 11.4 Å². The van der Waals surface area contributed by atoms with Crippen LogP contribution in [0.3, 0.4) is 0 Å². The smallest absolute Gasteiger partial charge is 0.353 e. The second-order valence-electron chi connectivity index (χ2n) is 6.49. The summed E-state index contributed by atoms with van der Waals surface area (Å²) in [4.78, 5) is 24.5.